The minimum atomic E-state index is 0.316. The van der Waals surface area contributed by atoms with Crippen LogP contribution in [0.5, 0.6) is 0 Å². The van der Waals surface area contributed by atoms with E-state index in [1.165, 1.54) is 44.4 Å². The van der Waals surface area contributed by atoms with Crippen LogP contribution in [0.2, 0.25) is 0 Å². The minimum Gasteiger partial charge on any atom is -0.383 e. The topological polar surface area (TPSA) is 21.3 Å². The summed E-state index contributed by atoms with van der Waals surface area (Å²) < 4.78 is 5.37. The lowest BCUT2D eigenvalue weighted by atomic mass is 9.91. The molecule has 2 nitrogen and oxygen atoms in total. The van der Waals surface area contributed by atoms with Crippen LogP contribution in [-0.2, 0) is 4.74 Å². The summed E-state index contributed by atoms with van der Waals surface area (Å²) in [5.74, 6) is 1.37. The van der Waals surface area contributed by atoms with Crippen molar-refractivity contribution in [3.05, 3.63) is 0 Å². The quantitative estimate of drug-likeness (QED) is 0.775. The zero-order valence-electron chi connectivity index (χ0n) is 9.05. The van der Waals surface area contributed by atoms with Crippen molar-refractivity contribution in [1.82, 2.24) is 5.32 Å². The number of hydrogen-bond acceptors (Lipinski definition) is 3. The van der Waals surface area contributed by atoms with Crippen LogP contribution in [0.15, 0.2) is 0 Å². The first kappa shape index (κ1) is 10.8. The van der Waals surface area contributed by atoms with E-state index in [0.29, 0.717) is 5.54 Å². The highest BCUT2D eigenvalue weighted by Crippen LogP contribution is 2.35. The second kappa shape index (κ2) is 4.86. The van der Waals surface area contributed by atoms with Gasteiger partial charge in [-0.3, -0.25) is 0 Å². The minimum absolute atomic E-state index is 0.316. The SMILES string of the molecule is COCC1(CC2CCCS2)CCCN1. The monoisotopic (exact) mass is 215 g/mol. The van der Waals surface area contributed by atoms with E-state index in [-0.39, 0.29) is 0 Å². The maximum absolute atomic E-state index is 5.37. The van der Waals surface area contributed by atoms with Gasteiger partial charge in [-0.25, -0.2) is 0 Å². The lowest BCUT2D eigenvalue weighted by Crippen LogP contribution is -2.45. The van der Waals surface area contributed by atoms with Crippen molar-refractivity contribution in [1.29, 1.82) is 0 Å². The second-order valence-electron chi connectivity index (χ2n) is 4.58. The predicted molar refractivity (Wildman–Crippen MR) is 61.9 cm³/mol. The fourth-order valence-electron chi connectivity index (χ4n) is 2.74. The Morgan fingerprint density at radius 3 is 3.00 bits per heavy atom. The summed E-state index contributed by atoms with van der Waals surface area (Å²) in [6.45, 7) is 2.07. The molecule has 0 aromatic rings. The largest absolute Gasteiger partial charge is 0.383 e. The molecule has 2 unspecified atom stereocenters. The van der Waals surface area contributed by atoms with Gasteiger partial charge in [0, 0.05) is 17.9 Å². The standard InChI is InChI=1S/C11H21NOS/c1-13-9-11(5-3-6-12-11)8-10-4-2-7-14-10/h10,12H,2-9H2,1H3. The van der Waals surface area contributed by atoms with Gasteiger partial charge in [0.25, 0.3) is 0 Å². The Balaban J connectivity index is 1.89. The van der Waals surface area contributed by atoms with Gasteiger partial charge in [0.1, 0.15) is 0 Å². The van der Waals surface area contributed by atoms with Crippen molar-refractivity contribution in [3.63, 3.8) is 0 Å². The zero-order valence-corrected chi connectivity index (χ0v) is 9.87. The van der Waals surface area contributed by atoms with Gasteiger partial charge in [-0.15, -0.1) is 0 Å². The van der Waals surface area contributed by atoms with Gasteiger partial charge >= 0.3 is 0 Å². The molecule has 0 spiro atoms. The summed E-state index contributed by atoms with van der Waals surface area (Å²) in [5.41, 5.74) is 0.316. The van der Waals surface area contributed by atoms with Crippen molar-refractivity contribution >= 4 is 11.8 Å². The molecule has 0 amide bonds. The lowest BCUT2D eigenvalue weighted by Gasteiger charge is -2.31. The van der Waals surface area contributed by atoms with E-state index in [4.69, 9.17) is 4.74 Å². The van der Waals surface area contributed by atoms with E-state index in [9.17, 15) is 0 Å². The molecule has 0 radical (unpaired) electrons. The van der Waals surface area contributed by atoms with Crippen LogP contribution in [0, 0.1) is 0 Å². The third-order valence-corrected chi connectivity index (χ3v) is 4.79. The molecule has 2 saturated heterocycles. The highest BCUT2D eigenvalue weighted by molar-refractivity contribution is 8.00. The van der Waals surface area contributed by atoms with E-state index in [1.807, 2.05) is 7.11 Å². The smallest absolute Gasteiger partial charge is 0.0644 e. The number of ether oxygens (including phenoxy) is 1. The van der Waals surface area contributed by atoms with Crippen LogP contribution in [0.25, 0.3) is 0 Å². The van der Waals surface area contributed by atoms with Crippen LogP contribution < -0.4 is 5.32 Å². The molecule has 1 N–H and O–H groups in total. The molecule has 2 aliphatic rings. The van der Waals surface area contributed by atoms with Crippen LogP contribution in [0.4, 0.5) is 0 Å². The van der Waals surface area contributed by atoms with E-state index < -0.39 is 0 Å². The maximum Gasteiger partial charge on any atom is 0.0644 e. The number of nitrogens with one attached hydrogen (secondary N) is 1. The van der Waals surface area contributed by atoms with Crippen molar-refractivity contribution in [3.8, 4) is 0 Å². The Hall–Kier alpha value is 0.270. The third-order valence-electron chi connectivity index (χ3n) is 3.40. The van der Waals surface area contributed by atoms with Crippen molar-refractivity contribution < 1.29 is 4.74 Å². The van der Waals surface area contributed by atoms with Gasteiger partial charge in [-0.1, -0.05) is 0 Å². The average molecular weight is 215 g/mol. The number of methoxy groups -OCH3 is 1. The average Bonchev–Trinajstić information content (AvgIpc) is 2.78. The van der Waals surface area contributed by atoms with Crippen LogP contribution in [0.1, 0.15) is 32.1 Å². The summed E-state index contributed by atoms with van der Waals surface area (Å²) in [7, 11) is 1.82. The van der Waals surface area contributed by atoms with Gasteiger partial charge in [0.05, 0.1) is 6.61 Å². The van der Waals surface area contributed by atoms with Gasteiger partial charge in [0.15, 0.2) is 0 Å². The highest BCUT2D eigenvalue weighted by atomic mass is 32.2. The van der Waals surface area contributed by atoms with Gasteiger partial charge in [-0.05, 0) is 44.4 Å². The van der Waals surface area contributed by atoms with E-state index >= 15 is 0 Å². The van der Waals surface area contributed by atoms with Gasteiger partial charge < -0.3 is 10.1 Å². The molecule has 0 aromatic carbocycles. The van der Waals surface area contributed by atoms with Crippen LogP contribution in [-0.4, -0.2) is 36.8 Å². The number of rotatable bonds is 4. The van der Waals surface area contributed by atoms with Crippen molar-refractivity contribution in [2.24, 2.45) is 0 Å². The molecule has 0 aliphatic carbocycles. The molecule has 2 atom stereocenters. The molecule has 0 aromatic heterocycles. The number of hydrogen-bond donors (Lipinski definition) is 1. The Morgan fingerprint density at radius 1 is 1.50 bits per heavy atom. The number of thioether (sulfide) groups is 1. The maximum atomic E-state index is 5.37. The summed E-state index contributed by atoms with van der Waals surface area (Å²) in [5, 5.41) is 4.54. The first-order valence-corrected chi connectivity index (χ1v) is 6.75. The summed E-state index contributed by atoms with van der Waals surface area (Å²) in [6, 6.07) is 0. The normalized spacial score (nSPS) is 37.9. The fraction of sp³-hybridized carbons (Fsp3) is 1.00. The Labute approximate surface area is 91.2 Å². The molecular weight excluding hydrogens is 194 g/mol. The van der Waals surface area contributed by atoms with Crippen LogP contribution >= 0.6 is 11.8 Å². The van der Waals surface area contributed by atoms with Crippen molar-refractivity contribution in [2.45, 2.75) is 42.9 Å². The summed E-state index contributed by atoms with van der Waals surface area (Å²) >= 11 is 2.16. The fourth-order valence-corrected chi connectivity index (χ4v) is 4.18. The molecule has 3 heteroatoms. The van der Waals surface area contributed by atoms with Gasteiger partial charge in [-0.2, -0.15) is 11.8 Å². The molecular formula is C11H21NOS. The van der Waals surface area contributed by atoms with Crippen LogP contribution in [0.3, 0.4) is 0 Å². The first-order chi connectivity index (χ1) is 6.85. The van der Waals surface area contributed by atoms with E-state index in [2.05, 4.69) is 17.1 Å². The molecule has 0 saturated carbocycles. The molecule has 0 bridgehead atoms. The summed E-state index contributed by atoms with van der Waals surface area (Å²) in [4.78, 5) is 0. The van der Waals surface area contributed by atoms with E-state index in [0.717, 1.165) is 11.9 Å². The lowest BCUT2D eigenvalue weighted by molar-refractivity contribution is 0.114. The summed E-state index contributed by atoms with van der Waals surface area (Å²) in [6.07, 6.45) is 6.76. The Bertz CT molecular complexity index is 174. The van der Waals surface area contributed by atoms with Crippen molar-refractivity contribution in [2.75, 3.05) is 26.0 Å². The third kappa shape index (κ3) is 2.44. The molecule has 2 rings (SSSR count). The van der Waals surface area contributed by atoms with E-state index in [1.54, 1.807) is 0 Å². The second-order valence-corrected chi connectivity index (χ2v) is 5.99. The Kier molecular flexibility index (Phi) is 3.74. The zero-order chi connectivity index (χ0) is 9.86. The Morgan fingerprint density at radius 2 is 2.43 bits per heavy atom. The predicted octanol–water partition coefficient (Wildman–Crippen LogP) is 2.04. The molecule has 2 heterocycles. The molecule has 82 valence electrons. The van der Waals surface area contributed by atoms with Gasteiger partial charge in [0.2, 0.25) is 0 Å². The highest BCUT2D eigenvalue weighted by Gasteiger charge is 2.36. The first-order valence-electron chi connectivity index (χ1n) is 5.70. The molecule has 2 fully saturated rings. The molecule has 2 aliphatic heterocycles. The molecule has 14 heavy (non-hydrogen) atoms.